The zero-order valence-corrected chi connectivity index (χ0v) is 34.3. The van der Waals surface area contributed by atoms with Gasteiger partial charge in [0.25, 0.3) is 0 Å². The number of fused-ring (bicyclic) bond motifs is 3. The number of nitrogens with one attached hydrogen (secondary N) is 1. The minimum Gasteiger partial charge on any atom is -0.459 e. The van der Waals surface area contributed by atoms with Crippen molar-refractivity contribution in [2.45, 2.75) is 75.8 Å². The monoisotopic (exact) mass is 825 g/mol. The first-order chi connectivity index (χ1) is 29.3. The largest absolute Gasteiger partial charge is 0.459 e. The quantitative estimate of drug-likeness (QED) is 0.0673. The molecule has 0 bridgehead atoms. The Bertz CT molecular complexity index is 2040. The molecule has 1 fully saturated rings. The Morgan fingerprint density at radius 1 is 0.950 bits per heavy atom. The summed E-state index contributed by atoms with van der Waals surface area (Å²) in [5, 5.41) is 27.2. The van der Waals surface area contributed by atoms with Gasteiger partial charge in [-0.05, 0) is 84.6 Å². The van der Waals surface area contributed by atoms with Crippen molar-refractivity contribution in [3.05, 3.63) is 108 Å². The summed E-state index contributed by atoms with van der Waals surface area (Å²) >= 11 is 0. The van der Waals surface area contributed by atoms with Gasteiger partial charge < -0.3 is 48.8 Å². The lowest BCUT2D eigenvalue weighted by atomic mass is 9.55. The topological polar surface area (TPSA) is 167 Å². The molecule has 14 nitrogen and oxygen atoms in total. The van der Waals surface area contributed by atoms with Crippen LogP contribution in [0, 0.1) is 17.8 Å². The third-order valence-corrected chi connectivity index (χ3v) is 11.9. The molecule has 0 radical (unpaired) electrons. The van der Waals surface area contributed by atoms with Gasteiger partial charge in [0.1, 0.15) is 24.7 Å². The van der Waals surface area contributed by atoms with Crippen LogP contribution in [0.4, 0.5) is 9.59 Å². The Hall–Kier alpha value is -5.57. The van der Waals surface area contributed by atoms with E-state index in [-0.39, 0.29) is 57.3 Å². The van der Waals surface area contributed by atoms with Crippen LogP contribution in [-0.2, 0) is 27.4 Å². The van der Waals surface area contributed by atoms with Crippen LogP contribution in [0.3, 0.4) is 0 Å². The van der Waals surface area contributed by atoms with E-state index in [9.17, 15) is 19.8 Å². The van der Waals surface area contributed by atoms with Crippen LogP contribution in [0.1, 0.15) is 67.6 Å². The van der Waals surface area contributed by atoms with Crippen LogP contribution < -0.4 is 24.3 Å². The first-order valence-corrected chi connectivity index (χ1v) is 20.7. The maximum atomic E-state index is 14.2. The molecule has 2 aliphatic heterocycles. The Morgan fingerprint density at radius 2 is 1.72 bits per heavy atom. The van der Waals surface area contributed by atoms with Crippen molar-refractivity contribution in [1.82, 2.24) is 10.2 Å². The molecule has 3 aromatic carbocycles. The van der Waals surface area contributed by atoms with Crippen LogP contribution in [0.15, 0.2) is 96.2 Å². The number of carbonyl (C=O) groups is 2. The number of allylic oxidation sites excluding steroid dienone is 1. The molecular formula is C46H55N3O11. The van der Waals surface area contributed by atoms with E-state index in [0.29, 0.717) is 48.1 Å². The lowest BCUT2D eigenvalue weighted by Crippen LogP contribution is -2.70. The molecule has 2 heterocycles. The summed E-state index contributed by atoms with van der Waals surface area (Å²) < 4.78 is 36.9. The van der Waals surface area contributed by atoms with Crippen molar-refractivity contribution in [2.24, 2.45) is 22.9 Å². The van der Waals surface area contributed by atoms with Crippen LogP contribution in [-0.4, -0.2) is 85.7 Å². The fourth-order valence-electron chi connectivity index (χ4n) is 9.39. The Balaban J connectivity index is 1.37. The van der Waals surface area contributed by atoms with Crippen molar-refractivity contribution in [2.75, 3.05) is 40.8 Å². The number of unbranched alkanes of at least 4 members (excludes halogenated alkanes) is 2. The SMILES string of the molecule is C=CCOC12Oc3ccc(OC(=O)NCc4ccccc4)cc3C3C(CCCCO)C(CCCCO)C=C(C(=NOC)CC1N(Cc1ccc4c(c1)OCO4)C(=O)OC)C32. The molecule has 0 saturated heterocycles. The van der Waals surface area contributed by atoms with Crippen molar-refractivity contribution < 1.29 is 53.1 Å². The number of aliphatic hydroxyl groups excluding tert-OH is 2. The van der Waals surface area contributed by atoms with Gasteiger partial charge in [-0.2, -0.15) is 0 Å². The third kappa shape index (κ3) is 8.96. The predicted octanol–water partition coefficient (Wildman–Crippen LogP) is 7.24. The normalized spacial score (nSPS) is 24.0. The van der Waals surface area contributed by atoms with Gasteiger partial charge in [-0.1, -0.05) is 66.5 Å². The van der Waals surface area contributed by atoms with Gasteiger partial charge in [0.05, 0.1) is 25.3 Å². The highest BCUT2D eigenvalue weighted by Crippen LogP contribution is 2.62. The summed E-state index contributed by atoms with van der Waals surface area (Å²) in [4.78, 5) is 34.5. The second-order valence-corrected chi connectivity index (χ2v) is 15.5. The predicted molar refractivity (Wildman–Crippen MR) is 222 cm³/mol. The van der Waals surface area contributed by atoms with Gasteiger partial charge in [0, 0.05) is 44.2 Å². The van der Waals surface area contributed by atoms with Gasteiger partial charge in [0.2, 0.25) is 12.6 Å². The fourth-order valence-corrected chi connectivity index (χ4v) is 9.39. The number of aliphatic hydroxyl groups is 2. The summed E-state index contributed by atoms with van der Waals surface area (Å²) in [6.45, 7) is 4.72. The van der Waals surface area contributed by atoms with Gasteiger partial charge in [0.15, 0.2) is 11.5 Å². The van der Waals surface area contributed by atoms with Gasteiger partial charge in [-0.3, -0.25) is 4.90 Å². The average molecular weight is 826 g/mol. The molecule has 6 unspecified atom stereocenters. The van der Waals surface area contributed by atoms with Crippen molar-refractivity contribution >= 4 is 17.9 Å². The van der Waals surface area contributed by atoms with E-state index in [1.807, 2.05) is 54.6 Å². The van der Waals surface area contributed by atoms with E-state index in [1.165, 1.54) is 14.2 Å². The molecule has 3 N–H and O–H groups in total. The van der Waals surface area contributed by atoms with Gasteiger partial charge in [-0.25, -0.2) is 9.59 Å². The number of oxime groups is 1. The van der Waals surface area contributed by atoms with E-state index in [0.717, 1.165) is 47.9 Å². The van der Waals surface area contributed by atoms with Crippen molar-refractivity contribution in [3.63, 3.8) is 0 Å². The molecule has 7 rings (SSSR count). The Kier molecular flexibility index (Phi) is 13.9. The zero-order valence-electron chi connectivity index (χ0n) is 34.3. The molecule has 3 aromatic rings. The van der Waals surface area contributed by atoms with E-state index >= 15 is 0 Å². The minimum atomic E-state index is -1.50. The molecular weight excluding hydrogens is 771 g/mol. The average Bonchev–Trinajstić information content (AvgIpc) is 3.74. The first-order valence-electron chi connectivity index (χ1n) is 20.7. The number of carbonyl (C=O) groups excluding carboxylic acids is 2. The number of ether oxygens (including phenoxy) is 6. The Morgan fingerprint density at radius 3 is 2.47 bits per heavy atom. The maximum absolute atomic E-state index is 14.2. The van der Waals surface area contributed by atoms with E-state index in [4.69, 9.17) is 33.3 Å². The van der Waals surface area contributed by atoms with Crippen LogP contribution in [0.25, 0.3) is 0 Å². The Labute approximate surface area is 350 Å². The highest BCUT2D eigenvalue weighted by atomic mass is 16.7. The summed E-state index contributed by atoms with van der Waals surface area (Å²) in [5.74, 6) is -0.335. The summed E-state index contributed by atoms with van der Waals surface area (Å²) in [6, 6.07) is 19.7. The standard InChI is InChI=1S/C46H55N3O11/c1-4-22-58-46-41(49(45(53)54-2)28-31-16-18-39-40(23-31)57-29-56-39)26-37(48-55-3)35-24-32(14-8-10-20-50)34(15-9-11-21-51)42(43(35)46)36-25-33(17-19-38(36)60-46)59-44(52)47-27-30-12-6-5-7-13-30/h4-7,12-13,16-19,23-25,32,34,41-43,50-51H,1,8-11,14-15,20-22,26-29H2,2-3H3,(H,47,52). The zero-order chi connectivity index (χ0) is 42.1. The summed E-state index contributed by atoms with van der Waals surface area (Å²) in [6.07, 6.45) is 7.24. The highest BCUT2D eigenvalue weighted by molar-refractivity contribution is 6.03. The van der Waals surface area contributed by atoms with E-state index in [2.05, 4.69) is 23.1 Å². The van der Waals surface area contributed by atoms with E-state index in [1.54, 1.807) is 23.1 Å². The van der Waals surface area contributed by atoms with Crippen molar-refractivity contribution in [1.29, 1.82) is 0 Å². The molecule has 4 aliphatic rings. The number of benzene rings is 3. The molecule has 2 aliphatic carbocycles. The number of methoxy groups -OCH3 is 1. The van der Waals surface area contributed by atoms with E-state index < -0.39 is 29.9 Å². The van der Waals surface area contributed by atoms with Gasteiger partial charge >= 0.3 is 12.2 Å². The summed E-state index contributed by atoms with van der Waals surface area (Å²) in [7, 11) is 2.84. The second-order valence-electron chi connectivity index (χ2n) is 15.5. The molecule has 14 heteroatoms. The van der Waals surface area contributed by atoms with Crippen LogP contribution in [0.5, 0.6) is 23.0 Å². The molecule has 0 spiro atoms. The number of rotatable bonds is 18. The maximum Gasteiger partial charge on any atom is 0.412 e. The third-order valence-electron chi connectivity index (χ3n) is 11.9. The number of hydrogen-bond donors (Lipinski definition) is 3. The molecule has 320 valence electrons. The molecule has 6 atom stereocenters. The highest BCUT2D eigenvalue weighted by Gasteiger charge is 2.65. The molecule has 2 amide bonds. The lowest BCUT2D eigenvalue weighted by molar-refractivity contribution is -0.256. The first kappa shape index (κ1) is 42.6. The molecule has 0 aromatic heterocycles. The van der Waals surface area contributed by atoms with Crippen LogP contribution >= 0.6 is 0 Å². The molecule has 1 saturated carbocycles. The smallest absolute Gasteiger partial charge is 0.412 e. The van der Waals surface area contributed by atoms with Crippen molar-refractivity contribution in [3.8, 4) is 23.0 Å². The number of amides is 2. The number of nitrogens with zero attached hydrogens (tertiary/aromatic N) is 2. The van der Waals surface area contributed by atoms with Gasteiger partial charge in [-0.15, -0.1) is 6.58 Å². The summed E-state index contributed by atoms with van der Waals surface area (Å²) in [5.41, 5.74) is 4.03. The second kappa shape index (κ2) is 19.7. The van der Waals surface area contributed by atoms with Crippen LogP contribution in [0.2, 0.25) is 0 Å². The minimum absolute atomic E-state index is 0.0245. The number of hydrogen-bond acceptors (Lipinski definition) is 12. The lowest BCUT2D eigenvalue weighted by Gasteiger charge is -2.59. The fraction of sp³-hybridized carbons (Fsp3) is 0.457. The molecule has 60 heavy (non-hydrogen) atoms.